The number of pyridine rings is 1. The number of benzene rings is 1. The van der Waals surface area contributed by atoms with Crippen molar-refractivity contribution in [1.29, 1.82) is 5.26 Å². The Kier molecular flexibility index (Phi) is 8.44. The number of nitrogens with one attached hydrogen (secondary N) is 2. The van der Waals surface area contributed by atoms with Crippen molar-refractivity contribution in [3.05, 3.63) is 75.5 Å². The van der Waals surface area contributed by atoms with Gasteiger partial charge in [-0.15, -0.1) is 5.10 Å². The number of hydrogen-bond donors (Lipinski definition) is 2. The summed E-state index contributed by atoms with van der Waals surface area (Å²) in [5, 5.41) is 27.8. The van der Waals surface area contributed by atoms with E-state index in [4.69, 9.17) is 11.6 Å². The first-order chi connectivity index (χ1) is 20.1. The number of aromatic nitrogens is 7. The van der Waals surface area contributed by atoms with Gasteiger partial charge in [-0.3, -0.25) is 9.59 Å². The third kappa shape index (κ3) is 6.28. The van der Waals surface area contributed by atoms with Crippen LogP contribution in [0.25, 0.3) is 5.82 Å². The van der Waals surface area contributed by atoms with Crippen molar-refractivity contribution in [1.82, 2.24) is 40.3 Å². The van der Waals surface area contributed by atoms with Gasteiger partial charge in [-0.2, -0.15) is 32.3 Å². The van der Waals surface area contributed by atoms with Gasteiger partial charge in [0.05, 0.1) is 40.1 Å². The quantitative estimate of drug-likeness (QED) is 0.277. The van der Waals surface area contributed by atoms with Crippen LogP contribution in [0.4, 0.5) is 27.6 Å². The van der Waals surface area contributed by atoms with Gasteiger partial charge >= 0.3 is 12.1 Å². The highest BCUT2D eigenvalue weighted by molar-refractivity contribution is 6.32. The van der Waals surface area contributed by atoms with Crippen LogP contribution in [0.5, 0.6) is 0 Å². The van der Waals surface area contributed by atoms with Crippen LogP contribution in [-0.4, -0.2) is 59.0 Å². The highest BCUT2D eigenvalue weighted by atomic mass is 35.5. The highest BCUT2D eigenvalue weighted by Gasteiger charge is 2.62. The molecule has 0 aliphatic rings. The highest BCUT2D eigenvalue weighted by Crippen LogP contribution is 2.42. The van der Waals surface area contributed by atoms with Gasteiger partial charge in [-0.1, -0.05) is 11.6 Å². The van der Waals surface area contributed by atoms with Crippen molar-refractivity contribution in [2.75, 3.05) is 5.32 Å². The van der Waals surface area contributed by atoms with Crippen LogP contribution in [0.1, 0.15) is 57.3 Å². The number of anilines is 1. The first-order valence-corrected chi connectivity index (χ1v) is 12.6. The van der Waals surface area contributed by atoms with Gasteiger partial charge in [0, 0.05) is 12.2 Å². The summed E-state index contributed by atoms with van der Waals surface area (Å²) < 4.78 is 68.2. The largest absolute Gasteiger partial charge is 0.461 e. The van der Waals surface area contributed by atoms with E-state index in [0.717, 1.165) is 10.7 Å². The van der Waals surface area contributed by atoms with E-state index in [1.807, 2.05) is 6.07 Å². The van der Waals surface area contributed by atoms with E-state index >= 15 is 0 Å². The van der Waals surface area contributed by atoms with Crippen molar-refractivity contribution in [3.8, 4) is 11.9 Å². The molecule has 3 heterocycles. The first-order valence-electron chi connectivity index (χ1n) is 12.2. The average molecular weight is 623 g/mol. The van der Waals surface area contributed by atoms with Crippen molar-refractivity contribution in [3.63, 3.8) is 0 Å². The van der Waals surface area contributed by atoms with E-state index in [0.29, 0.717) is 5.56 Å². The maximum Gasteiger partial charge on any atom is 0.461 e. The fourth-order valence-electron chi connectivity index (χ4n) is 3.89. The fraction of sp³-hybridized carbons (Fsp3) is 0.280. The van der Waals surface area contributed by atoms with Crippen molar-refractivity contribution >= 4 is 29.1 Å². The molecule has 0 unspecified atom stereocenters. The molecule has 1 aromatic carbocycles. The summed E-state index contributed by atoms with van der Waals surface area (Å²) in [6.07, 6.45) is -4.66. The summed E-state index contributed by atoms with van der Waals surface area (Å²) in [6.45, 7) is 4.19. The predicted molar refractivity (Wildman–Crippen MR) is 140 cm³/mol. The lowest BCUT2D eigenvalue weighted by molar-refractivity contribution is -0.293. The van der Waals surface area contributed by atoms with Crippen molar-refractivity contribution < 1.29 is 31.5 Å². The molecule has 18 heteroatoms. The number of hydrogen-bond acceptors (Lipinski definition) is 8. The summed E-state index contributed by atoms with van der Waals surface area (Å²) in [6, 6.07) is 8.40. The smallest absolute Gasteiger partial charge is 0.350 e. The maximum atomic E-state index is 14.0. The van der Waals surface area contributed by atoms with Gasteiger partial charge in [-0.25, -0.2) is 14.3 Å². The second kappa shape index (κ2) is 11.7. The molecule has 4 aromatic rings. The first kappa shape index (κ1) is 31.0. The Bertz CT molecular complexity index is 1740. The van der Waals surface area contributed by atoms with Crippen LogP contribution in [0.15, 0.2) is 36.5 Å². The van der Waals surface area contributed by atoms with Gasteiger partial charge in [-0.05, 0) is 67.1 Å². The third-order valence-corrected chi connectivity index (χ3v) is 6.08. The fourth-order valence-corrected chi connectivity index (χ4v) is 4.10. The lowest BCUT2D eigenvalue weighted by atomic mass is 10.0. The molecule has 0 aliphatic carbocycles. The molecule has 0 saturated heterocycles. The number of nitrogens with zero attached hydrogens (tertiary/aromatic N) is 8. The summed E-state index contributed by atoms with van der Waals surface area (Å²) in [4.78, 5) is 30.7. The minimum absolute atomic E-state index is 0.0180. The zero-order valence-corrected chi connectivity index (χ0v) is 23.2. The molecule has 4 rings (SSSR count). The molecule has 3 aromatic heterocycles. The SMILES string of the molecule is Cc1cc(C#N)cc(C(=O)NC(C)C)c1NC(=O)c1cc(Cn2nnnc2C(F)(F)C(F)(F)F)nn1-c1ncccc1Cl. The standard InChI is InChI=1S/C25H20ClF5N10O2/c1-12(2)34-21(42)16-8-14(10-32)7-13(3)19(16)35-22(43)18-9-15(37-41(18)20-17(26)5-4-6-33-20)11-40-23(36-38-39-40)24(27,28)25(29,30)31/h4-9,12H,11H2,1-3H3,(H,34,42)(H,35,43). The number of rotatable bonds is 8. The minimum atomic E-state index is -5.98. The number of halogens is 6. The monoisotopic (exact) mass is 622 g/mol. The Balaban J connectivity index is 1.79. The number of tetrazole rings is 1. The van der Waals surface area contributed by atoms with E-state index in [1.54, 1.807) is 20.8 Å². The second-order valence-electron chi connectivity index (χ2n) is 9.38. The van der Waals surface area contributed by atoms with Crippen LogP contribution in [-0.2, 0) is 12.5 Å². The molecule has 224 valence electrons. The minimum Gasteiger partial charge on any atom is -0.350 e. The van der Waals surface area contributed by atoms with Crippen molar-refractivity contribution in [2.45, 2.75) is 45.5 Å². The Labute approximate surface area is 244 Å². The van der Waals surface area contributed by atoms with E-state index in [1.165, 1.54) is 30.5 Å². The summed E-state index contributed by atoms with van der Waals surface area (Å²) in [5.74, 6) is -8.71. The molecule has 0 bridgehead atoms. The maximum absolute atomic E-state index is 14.0. The number of amides is 2. The van der Waals surface area contributed by atoms with E-state index in [9.17, 15) is 36.8 Å². The summed E-state index contributed by atoms with van der Waals surface area (Å²) in [5.41, 5.74) is 0.0465. The average Bonchev–Trinajstić information content (AvgIpc) is 3.56. The molecular weight excluding hydrogens is 603 g/mol. The van der Waals surface area contributed by atoms with Crippen LogP contribution >= 0.6 is 11.6 Å². The van der Waals surface area contributed by atoms with E-state index < -0.39 is 36.3 Å². The van der Waals surface area contributed by atoms with Gasteiger partial charge in [0.1, 0.15) is 5.69 Å². The van der Waals surface area contributed by atoms with Gasteiger partial charge < -0.3 is 10.6 Å². The number of alkyl halides is 5. The molecule has 0 fully saturated rings. The number of carbonyl (C=O) groups excluding carboxylic acids is 2. The number of nitriles is 1. The summed E-state index contributed by atoms with van der Waals surface area (Å²) >= 11 is 6.26. The molecule has 2 N–H and O–H groups in total. The Hall–Kier alpha value is -4.98. The molecule has 0 aliphatic heterocycles. The van der Waals surface area contributed by atoms with Gasteiger partial charge in [0.25, 0.3) is 11.8 Å². The lowest BCUT2D eigenvalue weighted by Gasteiger charge is -2.18. The number of aryl methyl sites for hydroxylation is 1. The molecule has 0 atom stereocenters. The zero-order valence-electron chi connectivity index (χ0n) is 22.4. The number of carbonyl (C=O) groups is 2. The molecule has 2 amide bonds. The Morgan fingerprint density at radius 1 is 1.14 bits per heavy atom. The summed E-state index contributed by atoms with van der Waals surface area (Å²) in [7, 11) is 0. The van der Waals surface area contributed by atoms with E-state index in [-0.39, 0.29) is 49.8 Å². The third-order valence-electron chi connectivity index (χ3n) is 5.78. The Morgan fingerprint density at radius 3 is 2.49 bits per heavy atom. The molecule has 0 saturated carbocycles. The topological polar surface area (TPSA) is 156 Å². The Morgan fingerprint density at radius 2 is 1.86 bits per heavy atom. The molecule has 0 radical (unpaired) electrons. The van der Waals surface area contributed by atoms with Gasteiger partial charge in [0.15, 0.2) is 5.82 Å². The lowest BCUT2D eigenvalue weighted by Crippen LogP contribution is -2.36. The van der Waals surface area contributed by atoms with Crippen LogP contribution < -0.4 is 10.6 Å². The second-order valence-corrected chi connectivity index (χ2v) is 9.79. The van der Waals surface area contributed by atoms with Crippen LogP contribution in [0.2, 0.25) is 5.02 Å². The van der Waals surface area contributed by atoms with Gasteiger partial charge in [0.2, 0.25) is 5.82 Å². The van der Waals surface area contributed by atoms with Crippen LogP contribution in [0, 0.1) is 18.3 Å². The molecular formula is C25H20ClF5N10O2. The predicted octanol–water partition coefficient (Wildman–Crippen LogP) is 4.18. The van der Waals surface area contributed by atoms with E-state index in [2.05, 4.69) is 36.2 Å². The zero-order chi connectivity index (χ0) is 31.7. The van der Waals surface area contributed by atoms with Crippen LogP contribution in [0.3, 0.4) is 0 Å². The molecule has 0 spiro atoms. The normalized spacial score (nSPS) is 11.8. The molecule has 43 heavy (non-hydrogen) atoms. The molecule has 12 nitrogen and oxygen atoms in total. The van der Waals surface area contributed by atoms with Crippen molar-refractivity contribution in [2.24, 2.45) is 0 Å².